The summed E-state index contributed by atoms with van der Waals surface area (Å²) in [6, 6.07) is 8.84. The Bertz CT molecular complexity index is 419. The zero-order valence-corrected chi connectivity index (χ0v) is 12.2. The molecule has 3 heteroatoms. The summed E-state index contributed by atoms with van der Waals surface area (Å²) in [4.78, 5) is 2.39. The second kappa shape index (κ2) is 6.04. The summed E-state index contributed by atoms with van der Waals surface area (Å²) < 4.78 is 5.96. The summed E-state index contributed by atoms with van der Waals surface area (Å²) in [6.45, 7) is 9.03. The summed E-state index contributed by atoms with van der Waals surface area (Å²) in [5, 5.41) is 9.84. The molecule has 0 unspecified atom stereocenters. The molecule has 19 heavy (non-hydrogen) atoms. The molecule has 1 N–H and O–H groups in total. The Balaban J connectivity index is 2.16. The molecule has 1 aromatic rings. The van der Waals surface area contributed by atoms with E-state index in [2.05, 4.69) is 43.9 Å². The smallest absolute Gasteiger partial charge is 0.108 e. The van der Waals surface area contributed by atoms with Crippen LogP contribution in [0, 0.1) is 6.92 Å². The number of rotatable bonds is 4. The molecule has 1 fully saturated rings. The van der Waals surface area contributed by atoms with E-state index in [-0.39, 0.29) is 6.61 Å². The van der Waals surface area contributed by atoms with Gasteiger partial charge in [0.2, 0.25) is 0 Å². The molecule has 1 aromatic carbocycles. The molecule has 1 saturated heterocycles. The molecule has 1 atom stereocenters. The molecule has 1 aliphatic heterocycles. The quantitative estimate of drug-likeness (QED) is 0.902. The molecule has 0 saturated carbocycles. The van der Waals surface area contributed by atoms with Crippen molar-refractivity contribution in [2.24, 2.45) is 0 Å². The first-order valence-electron chi connectivity index (χ1n) is 7.10. The Morgan fingerprint density at radius 3 is 2.74 bits per heavy atom. The van der Waals surface area contributed by atoms with Gasteiger partial charge in [0.1, 0.15) is 5.60 Å². The summed E-state index contributed by atoms with van der Waals surface area (Å²) in [6.07, 6.45) is 0.777. The first kappa shape index (κ1) is 14.5. The average Bonchev–Trinajstić information content (AvgIpc) is 2.42. The standard InChI is InChI=1S/C16H25NO2/c1-13(2)17-8-9-19-16(11-17,12-18)10-15-7-5-4-6-14(15)3/h4-7,13,18H,8-12H2,1-3H3/t16-/m1/s1. The van der Waals surface area contributed by atoms with E-state index in [4.69, 9.17) is 4.74 Å². The number of hydrogen-bond acceptors (Lipinski definition) is 3. The van der Waals surface area contributed by atoms with Gasteiger partial charge in [-0.05, 0) is 31.9 Å². The Hall–Kier alpha value is -0.900. The van der Waals surface area contributed by atoms with Gasteiger partial charge < -0.3 is 9.84 Å². The fourth-order valence-corrected chi connectivity index (χ4v) is 2.73. The summed E-state index contributed by atoms with van der Waals surface area (Å²) >= 11 is 0. The predicted molar refractivity (Wildman–Crippen MR) is 77.4 cm³/mol. The van der Waals surface area contributed by atoms with Gasteiger partial charge >= 0.3 is 0 Å². The van der Waals surface area contributed by atoms with Crippen LogP contribution in [-0.4, -0.2) is 48.0 Å². The van der Waals surface area contributed by atoms with E-state index < -0.39 is 5.60 Å². The highest BCUT2D eigenvalue weighted by Crippen LogP contribution is 2.25. The maximum absolute atomic E-state index is 9.84. The highest BCUT2D eigenvalue weighted by atomic mass is 16.5. The third-order valence-corrected chi connectivity index (χ3v) is 4.07. The van der Waals surface area contributed by atoms with Crippen LogP contribution in [0.15, 0.2) is 24.3 Å². The van der Waals surface area contributed by atoms with E-state index in [1.54, 1.807) is 0 Å². The number of aliphatic hydroxyl groups is 1. The second-order valence-corrected chi connectivity index (χ2v) is 5.86. The van der Waals surface area contributed by atoms with Crippen LogP contribution in [0.5, 0.6) is 0 Å². The molecule has 106 valence electrons. The molecule has 0 amide bonds. The largest absolute Gasteiger partial charge is 0.393 e. The van der Waals surface area contributed by atoms with Gasteiger partial charge in [-0.25, -0.2) is 0 Å². The number of ether oxygens (including phenoxy) is 1. The van der Waals surface area contributed by atoms with Crippen molar-refractivity contribution in [3.8, 4) is 0 Å². The van der Waals surface area contributed by atoms with Crippen molar-refractivity contribution < 1.29 is 9.84 Å². The minimum atomic E-state index is -0.450. The Kier molecular flexibility index (Phi) is 4.61. The molecule has 1 aliphatic rings. The number of aryl methyl sites for hydroxylation is 1. The topological polar surface area (TPSA) is 32.7 Å². The maximum atomic E-state index is 9.84. The highest BCUT2D eigenvalue weighted by molar-refractivity contribution is 5.27. The molecule has 0 bridgehead atoms. The lowest BCUT2D eigenvalue weighted by molar-refractivity contribution is -0.138. The Morgan fingerprint density at radius 2 is 2.11 bits per heavy atom. The van der Waals surface area contributed by atoms with E-state index in [0.717, 1.165) is 19.5 Å². The van der Waals surface area contributed by atoms with E-state index in [9.17, 15) is 5.11 Å². The van der Waals surface area contributed by atoms with Gasteiger partial charge in [-0.3, -0.25) is 4.90 Å². The molecule has 0 aromatic heterocycles. The van der Waals surface area contributed by atoms with E-state index in [1.807, 2.05) is 6.07 Å². The first-order valence-corrected chi connectivity index (χ1v) is 7.10. The zero-order valence-electron chi connectivity index (χ0n) is 12.2. The van der Waals surface area contributed by atoms with Crippen LogP contribution < -0.4 is 0 Å². The summed E-state index contributed by atoms with van der Waals surface area (Å²) in [5.74, 6) is 0. The van der Waals surface area contributed by atoms with Crippen LogP contribution in [-0.2, 0) is 11.2 Å². The molecule has 2 rings (SSSR count). The van der Waals surface area contributed by atoms with E-state index >= 15 is 0 Å². The lowest BCUT2D eigenvalue weighted by atomic mass is 9.90. The Labute approximate surface area is 116 Å². The third-order valence-electron chi connectivity index (χ3n) is 4.07. The van der Waals surface area contributed by atoms with Crippen molar-refractivity contribution in [3.63, 3.8) is 0 Å². The van der Waals surface area contributed by atoms with Crippen molar-refractivity contribution in [3.05, 3.63) is 35.4 Å². The molecule has 1 heterocycles. The normalized spacial score (nSPS) is 24.9. The van der Waals surface area contributed by atoms with Gasteiger partial charge in [0.25, 0.3) is 0 Å². The molecule has 3 nitrogen and oxygen atoms in total. The van der Waals surface area contributed by atoms with Gasteiger partial charge in [-0.2, -0.15) is 0 Å². The summed E-state index contributed by atoms with van der Waals surface area (Å²) in [5.41, 5.74) is 2.08. The number of benzene rings is 1. The third kappa shape index (κ3) is 3.35. The fourth-order valence-electron chi connectivity index (χ4n) is 2.73. The molecule has 0 radical (unpaired) electrons. The minimum Gasteiger partial charge on any atom is -0.393 e. The monoisotopic (exact) mass is 263 g/mol. The SMILES string of the molecule is Cc1ccccc1C[C@]1(CO)CN(C(C)C)CCO1. The van der Waals surface area contributed by atoms with Crippen molar-refractivity contribution in [2.45, 2.75) is 38.8 Å². The van der Waals surface area contributed by atoms with Gasteiger partial charge in [0.15, 0.2) is 0 Å². The second-order valence-electron chi connectivity index (χ2n) is 5.86. The van der Waals surface area contributed by atoms with Crippen LogP contribution in [0.1, 0.15) is 25.0 Å². The highest BCUT2D eigenvalue weighted by Gasteiger charge is 2.37. The lowest BCUT2D eigenvalue weighted by Crippen LogP contribution is -2.57. The zero-order chi connectivity index (χ0) is 13.9. The van der Waals surface area contributed by atoms with Crippen LogP contribution in [0.4, 0.5) is 0 Å². The van der Waals surface area contributed by atoms with Crippen molar-refractivity contribution >= 4 is 0 Å². The number of nitrogens with zero attached hydrogens (tertiary/aromatic N) is 1. The van der Waals surface area contributed by atoms with Gasteiger partial charge in [-0.15, -0.1) is 0 Å². The minimum absolute atomic E-state index is 0.0740. The van der Waals surface area contributed by atoms with Crippen LogP contribution in [0.25, 0.3) is 0 Å². The molecule has 0 aliphatic carbocycles. The van der Waals surface area contributed by atoms with Crippen molar-refractivity contribution in [2.75, 3.05) is 26.3 Å². The fraction of sp³-hybridized carbons (Fsp3) is 0.625. The average molecular weight is 263 g/mol. The van der Waals surface area contributed by atoms with E-state index in [1.165, 1.54) is 11.1 Å². The van der Waals surface area contributed by atoms with E-state index in [0.29, 0.717) is 12.6 Å². The van der Waals surface area contributed by atoms with Crippen molar-refractivity contribution in [1.82, 2.24) is 4.90 Å². The molecular weight excluding hydrogens is 238 g/mol. The number of aliphatic hydroxyl groups excluding tert-OH is 1. The van der Waals surface area contributed by atoms with Gasteiger partial charge in [0.05, 0.1) is 13.2 Å². The Morgan fingerprint density at radius 1 is 1.37 bits per heavy atom. The van der Waals surface area contributed by atoms with Crippen molar-refractivity contribution in [1.29, 1.82) is 0 Å². The number of morpholine rings is 1. The maximum Gasteiger partial charge on any atom is 0.108 e. The molecular formula is C16H25NO2. The number of hydrogen-bond donors (Lipinski definition) is 1. The van der Waals surface area contributed by atoms with Gasteiger partial charge in [0, 0.05) is 25.6 Å². The first-order chi connectivity index (χ1) is 9.06. The summed E-state index contributed by atoms with van der Waals surface area (Å²) in [7, 11) is 0. The van der Waals surface area contributed by atoms with Crippen LogP contribution >= 0.6 is 0 Å². The molecule has 0 spiro atoms. The lowest BCUT2D eigenvalue weighted by Gasteiger charge is -2.43. The van der Waals surface area contributed by atoms with Gasteiger partial charge in [-0.1, -0.05) is 24.3 Å². The van der Waals surface area contributed by atoms with Crippen LogP contribution in [0.2, 0.25) is 0 Å². The van der Waals surface area contributed by atoms with Crippen LogP contribution in [0.3, 0.4) is 0 Å². The predicted octanol–water partition coefficient (Wildman–Crippen LogP) is 2.01.